The van der Waals surface area contributed by atoms with Gasteiger partial charge in [0, 0.05) is 15.7 Å². The van der Waals surface area contributed by atoms with E-state index in [4.69, 9.17) is 62.7 Å². The molecule has 0 aromatic heterocycles. The predicted molar refractivity (Wildman–Crippen MR) is 115 cm³/mol. The summed E-state index contributed by atoms with van der Waals surface area (Å²) in [5.74, 6) is 0.869. The van der Waals surface area contributed by atoms with Crippen molar-refractivity contribution in [3.63, 3.8) is 0 Å². The number of rotatable bonds is 5. The number of hydrogen-bond donors (Lipinski definition) is 1. The molecule has 3 aromatic carbocycles. The lowest BCUT2D eigenvalue weighted by molar-refractivity contribution is 0.483. The highest BCUT2D eigenvalue weighted by Gasteiger charge is 2.22. The quantitative estimate of drug-likeness (QED) is 0.396. The molecule has 0 aliphatic carbocycles. The topological polar surface area (TPSA) is 55.4 Å². The van der Waals surface area contributed by atoms with Crippen LogP contribution in [0.4, 0.5) is 5.69 Å². The maximum atomic E-state index is 12.6. The molecule has 0 atom stereocenters. The number of halogens is 5. The molecule has 0 saturated heterocycles. The molecule has 0 fully saturated rings. The Morgan fingerprint density at radius 3 is 1.86 bits per heavy atom. The third kappa shape index (κ3) is 4.98. The zero-order valence-electron chi connectivity index (χ0n) is 13.7. The Labute approximate surface area is 186 Å². The Balaban J connectivity index is 1.80. The van der Waals surface area contributed by atoms with E-state index in [1.54, 1.807) is 30.3 Å². The Morgan fingerprint density at radius 2 is 1.29 bits per heavy atom. The summed E-state index contributed by atoms with van der Waals surface area (Å²) in [6, 6.07) is 13.6. The second-order valence-corrected chi connectivity index (χ2v) is 9.22. The molecule has 0 aliphatic heterocycles. The van der Waals surface area contributed by atoms with Crippen LogP contribution in [-0.2, 0) is 10.0 Å². The fraction of sp³-hybridized carbons (Fsp3) is 0. The van der Waals surface area contributed by atoms with Gasteiger partial charge in [0.15, 0.2) is 0 Å². The summed E-state index contributed by atoms with van der Waals surface area (Å²) in [7, 11) is -4.02. The van der Waals surface area contributed by atoms with Gasteiger partial charge in [0.05, 0.1) is 15.1 Å². The SMILES string of the molecule is O=S(=O)(Nc1ccc(Oc2ccc(Cl)cc2Cl)cc1)c1c(Cl)cc(Cl)cc1Cl. The van der Waals surface area contributed by atoms with Crippen LogP contribution >= 0.6 is 58.0 Å². The van der Waals surface area contributed by atoms with E-state index in [-0.39, 0.29) is 25.7 Å². The number of nitrogens with one attached hydrogen (secondary N) is 1. The van der Waals surface area contributed by atoms with Crippen molar-refractivity contribution in [3.8, 4) is 11.5 Å². The van der Waals surface area contributed by atoms with Gasteiger partial charge in [-0.2, -0.15) is 0 Å². The zero-order chi connectivity index (χ0) is 20.5. The maximum Gasteiger partial charge on any atom is 0.264 e. The van der Waals surface area contributed by atoms with E-state index in [0.29, 0.717) is 21.5 Å². The summed E-state index contributed by atoms with van der Waals surface area (Å²) in [5, 5.41) is 0.909. The van der Waals surface area contributed by atoms with Crippen molar-refractivity contribution in [2.75, 3.05) is 4.72 Å². The van der Waals surface area contributed by atoms with Gasteiger partial charge in [-0.25, -0.2) is 8.42 Å². The van der Waals surface area contributed by atoms with Crippen molar-refractivity contribution >= 4 is 73.7 Å². The molecule has 3 aromatic rings. The summed E-state index contributed by atoms with van der Waals surface area (Å²) in [6.45, 7) is 0. The van der Waals surface area contributed by atoms with Crippen LogP contribution in [0, 0.1) is 0 Å². The fourth-order valence-corrected chi connectivity index (χ4v) is 5.32. The molecule has 0 heterocycles. The molecule has 0 amide bonds. The third-order valence-corrected chi connectivity index (χ3v) is 6.51. The standard InChI is InChI=1S/C18H10Cl5NO3S/c19-10-1-6-17(14(21)7-10)27-13-4-2-12(3-5-13)24-28(25,26)18-15(22)8-11(20)9-16(18)23/h1-9,24H. The monoisotopic (exact) mass is 495 g/mol. The van der Waals surface area contributed by atoms with E-state index < -0.39 is 10.0 Å². The van der Waals surface area contributed by atoms with Crippen molar-refractivity contribution in [2.45, 2.75) is 4.90 Å². The smallest absolute Gasteiger partial charge is 0.264 e. The zero-order valence-corrected chi connectivity index (χ0v) is 18.3. The van der Waals surface area contributed by atoms with Crippen LogP contribution in [0.15, 0.2) is 59.5 Å². The molecule has 28 heavy (non-hydrogen) atoms. The summed E-state index contributed by atoms with van der Waals surface area (Å²) in [4.78, 5) is -0.256. The molecule has 4 nitrogen and oxygen atoms in total. The van der Waals surface area contributed by atoms with E-state index >= 15 is 0 Å². The van der Waals surface area contributed by atoms with Crippen molar-refractivity contribution in [1.82, 2.24) is 0 Å². The normalized spacial score (nSPS) is 11.3. The second kappa shape index (κ2) is 8.57. The first-order chi connectivity index (χ1) is 13.2. The molecule has 0 saturated carbocycles. The van der Waals surface area contributed by atoms with Crippen LogP contribution < -0.4 is 9.46 Å². The van der Waals surface area contributed by atoms with Crippen LogP contribution in [0.1, 0.15) is 0 Å². The minimum absolute atomic E-state index is 0.0812. The van der Waals surface area contributed by atoms with Gasteiger partial charge in [0.1, 0.15) is 16.4 Å². The van der Waals surface area contributed by atoms with Crippen LogP contribution in [0.2, 0.25) is 25.1 Å². The van der Waals surface area contributed by atoms with Gasteiger partial charge in [-0.05, 0) is 54.6 Å². The van der Waals surface area contributed by atoms with Gasteiger partial charge in [-0.3, -0.25) is 4.72 Å². The molecule has 0 bridgehead atoms. The summed E-state index contributed by atoms with van der Waals surface area (Å²) < 4.78 is 33.3. The minimum Gasteiger partial charge on any atom is -0.456 e. The highest BCUT2D eigenvalue weighted by Crippen LogP contribution is 2.35. The van der Waals surface area contributed by atoms with E-state index in [9.17, 15) is 8.42 Å². The summed E-state index contributed by atoms with van der Waals surface area (Å²) >= 11 is 29.7. The molecule has 0 aliphatic rings. The largest absolute Gasteiger partial charge is 0.456 e. The van der Waals surface area contributed by atoms with E-state index in [1.807, 2.05) is 0 Å². The summed E-state index contributed by atoms with van der Waals surface area (Å²) in [5.41, 5.74) is 0.289. The molecule has 0 spiro atoms. The predicted octanol–water partition coefficient (Wildman–Crippen LogP) is 7.55. The van der Waals surface area contributed by atoms with Gasteiger partial charge in [0.25, 0.3) is 10.0 Å². The van der Waals surface area contributed by atoms with Crippen molar-refractivity contribution in [3.05, 3.63) is 79.7 Å². The first kappa shape index (κ1) is 21.4. The fourth-order valence-electron chi connectivity index (χ4n) is 2.27. The number of ether oxygens (including phenoxy) is 1. The van der Waals surface area contributed by atoms with Crippen LogP contribution in [-0.4, -0.2) is 8.42 Å². The molecule has 146 valence electrons. The van der Waals surface area contributed by atoms with Crippen LogP contribution in [0.25, 0.3) is 0 Å². The van der Waals surface area contributed by atoms with E-state index in [2.05, 4.69) is 4.72 Å². The molecule has 0 unspecified atom stereocenters. The lowest BCUT2D eigenvalue weighted by atomic mass is 10.3. The average molecular weight is 498 g/mol. The highest BCUT2D eigenvalue weighted by molar-refractivity contribution is 7.93. The third-order valence-electron chi connectivity index (χ3n) is 3.46. The van der Waals surface area contributed by atoms with Crippen molar-refractivity contribution in [1.29, 1.82) is 0 Å². The molecule has 10 heteroatoms. The first-order valence-corrected chi connectivity index (χ1v) is 10.9. The molecule has 1 N–H and O–H groups in total. The molecular weight excluding hydrogens is 488 g/mol. The van der Waals surface area contributed by atoms with Crippen molar-refractivity contribution in [2.24, 2.45) is 0 Å². The molecule has 0 radical (unpaired) electrons. The lowest BCUT2D eigenvalue weighted by Gasteiger charge is -2.12. The summed E-state index contributed by atoms with van der Waals surface area (Å²) in [6.07, 6.45) is 0. The Kier molecular flexibility index (Phi) is 6.54. The highest BCUT2D eigenvalue weighted by atomic mass is 35.5. The number of sulfonamides is 1. The first-order valence-electron chi connectivity index (χ1n) is 7.56. The van der Waals surface area contributed by atoms with Gasteiger partial charge in [-0.15, -0.1) is 0 Å². The van der Waals surface area contributed by atoms with Gasteiger partial charge in [-0.1, -0.05) is 58.0 Å². The van der Waals surface area contributed by atoms with Gasteiger partial charge < -0.3 is 4.74 Å². The van der Waals surface area contributed by atoms with E-state index in [1.165, 1.54) is 24.3 Å². The Bertz CT molecular complexity index is 1110. The Hall–Kier alpha value is -1.34. The van der Waals surface area contributed by atoms with Gasteiger partial charge >= 0.3 is 0 Å². The molecular formula is C18H10Cl5NO3S. The number of benzene rings is 3. The minimum atomic E-state index is -4.02. The van der Waals surface area contributed by atoms with Gasteiger partial charge in [0.2, 0.25) is 0 Å². The number of anilines is 1. The maximum absolute atomic E-state index is 12.6. The molecule has 3 rings (SSSR count). The van der Waals surface area contributed by atoms with Crippen molar-refractivity contribution < 1.29 is 13.2 Å². The van der Waals surface area contributed by atoms with Crippen LogP contribution in [0.5, 0.6) is 11.5 Å². The second-order valence-electron chi connectivity index (χ2n) is 5.51. The lowest BCUT2D eigenvalue weighted by Crippen LogP contribution is -2.14. The Morgan fingerprint density at radius 1 is 0.714 bits per heavy atom. The van der Waals surface area contributed by atoms with E-state index in [0.717, 1.165) is 0 Å². The van der Waals surface area contributed by atoms with Crippen LogP contribution in [0.3, 0.4) is 0 Å². The number of hydrogen-bond acceptors (Lipinski definition) is 3. The average Bonchev–Trinajstić information content (AvgIpc) is 2.57.